The average Bonchev–Trinajstić information content (AvgIpc) is 2.82. The lowest BCUT2D eigenvalue weighted by Crippen LogP contribution is -2.49. The smallest absolute Gasteiger partial charge is 0.249 e. The van der Waals surface area contributed by atoms with E-state index >= 15 is 0 Å². The second kappa shape index (κ2) is 4.37. The summed E-state index contributed by atoms with van der Waals surface area (Å²) in [4.78, 5) is 13.9. The molecule has 3 aliphatic rings. The van der Waals surface area contributed by atoms with Crippen LogP contribution >= 0.6 is 0 Å². The van der Waals surface area contributed by atoms with Crippen molar-refractivity contribution in [2.24, 2.45) is 11.8 Å². The maximum absolute atomic E-state index is 12.9. The molecular weight excluding hydrogens is 290 g/mol. The number of halogens is 2. The molecule has 114 valence electrons. The molecule has 3 rings (SSSR count). The van der Waals surface area contributed by atoms with Crippen LogP contribution in [0.5, 0.6) is 0 Å². The maximum Gasteiger partial charge on any atom is 0.249 e. The van der Waals surface area contributed by atoms with Gasteiger partial charge in [-0.05, 0) is 12.3 Å². The summed E-state index contributed by atoms with van der Waals surface area (Å²) >= 11 is 0. The van der Waals surface area contributed by atoms with Gasteiger partial charge >= 0.3 is 0 Å². The van der Waals surface area contributed by atoms with Crippen LogP contribution in [-0.4, -0.2) is 61.4 Å². The first-order valence-electron chi connectivity index (χ1n) is 6.81. The standard InChI is InChI=1S/C12H18F2N2O3S/c1-20(18,19)15-6-8-2-3-16(10(8)7-15)11(17)9-4-12(13,14)5-9/h8-10H,2-7H2,1H3/t8-,10+/m0/s1. The lowest BCUT2D eigenvalue weighted by atomic mass is 9.80. The lowest BCUT2D eigenvalue weighted by molar-refractivity contribution is -0.160. The summed E-state index contributed by atoms with van der Waals surface area (Å²) in [5.74, 6) is -3.36. The third-order valence-corrected chi connectivity index (χ3v) is 5.94. The van der Waals surface area contributed by atoms with Gasteiger partial charge < -0.3 is 4.90 Å². The van der Waals surface area contributed by atoms with Gasteiger partial charge in [0.2, 0.25) is 21.9 Å². The highest BCUT2D eigenvalue weighted by atomic mass is 32.2. The molecule has 2 aliphatic heterocycles. The average molecular weight is 308 g/mol. The Balaban J connectivity index is 1.67. The van der Waals surface area contributed by atoms with Crippen LogP contribution < -0.4 is 0 Å². The van der Waals surface area contributed by atoms with Gasteiger partial charge in [-0.2, -0.15) is 4.31 Å². The predicted molar refractivity (Wildman–Crippen MR) is 67.7 cm³/mol. The molecule has 1 aliphatic carbocycles. The molecule has 2 heterocycles. The fourth-order valence-corrected chi connectivity index (χ4v) is 4.42. The summed E-state index contributed by atoms with van der Waals surface area (Å²) in [5.41, 5.74) is 0. The Morgan fingerprint density at radius 1 is 1.25 bits per heavy atom. The molecule has 20 heavy (non-hydrogen) atoms. The Bertz CT molecular complexity index is 529. The zero-order valence-electron chi connectivity index (χ0n) is 11.3. The SMILES string of the molecule is CS(=O)(=O)N1C[C@@H]2CCN(C(=O)C3CC(F)(F)C3)[C@@H]2C1. The van der Waals surface area contributed by atoms with Crippen molar-refractivity contribution in [3.8, 4) is 0 Å². The minimum atomic E-state index is -3.25. The van der Waals surface area contributed by atoms with Crippen molar-refractivity contribution < 1.29 is 22.0 Å². The van der Waals surface area contributed by atoms with Crippen molar-refractivity contribution in [2.75, 3.05) is 25.9 Å². The first-order valence-corrected chi connectivity index (χ1v) is 8.66. The van der Waals surface area contributed by atoms with Crippen LogP contribution in [0.4, 0.5) is 8.78 Å². The Hall–Kier alpha value is -0.760. The van der Waals surface area contributed by atoms with Crippen LogP contribution in [0.3, 0.4) is 0 Å². The number of carbonyl (C=O) groups excluding carboxylic acids is 1. The minimum absolute atomic E-state index is 0.133. The molecule has 5 nitrogen and oxygen atoms in total. The Morgan fingerprint density at radius 3 is 2.45 bits per heavy atom. The van der Waals surface area contributed by atoms with E-state index in [1.807, 2.05) is 0 Å². The van der Waals surface area contributed by atoms with E-state index in [1.165, 1.54) is 4.31 Å². The third kappa shape index (κ3) is 2.32. The van der Waals surface area contributed by atoms with Gasteiger partial charge in [0.15, 0.2) is 0 Å². The molecule has 0 aromatic heterocycles. The van der Waals surface area contributed by atoms with Crippen LogP contribution in [-0.2, 0) is 14.8 Å². The van der Waals surface area contributed by atoms with Crippen molar-refractivity contribution in [3.63, 3.8) is 0 Å². The van der Waals surface area contributed by atoms with Crippen molar-refractivity contribution >= 4 is 15.9 Å². The maximum atomic E-state index is 12.9. The summed E-state index contributed by atoms with van der Waals surface area (Å²) in [6.45, 7) is 1.31. The molecule has 0 unspecified atom stereocenters. The van der Waals surface area contributed by atoms with Crippen molar-refractivity contribution in [1.29, 1.82) is 0 Å². The molecule has 2 saturated heterocycles. The van der Waals surface area contributed by atoms with Gasteiger partial charge in [0.25, 0.3) is 0 Å². The number of hydrogen-bond donors (Lipinski definition) is 0. The highest BCUT2D eigenvalue weighted by Crippen LogP contribution is 2.44. The molecule has 8 heteroatoms. The molecule has 3 fully saturated rings. The van der Waals surface area contributed by atoms with Gasteiger partial charge in [-0.3, -0.25) is 4.79 Å². The van der Waals surface area contributed by atoms with Crippen LogP contribution in [0.1, 0.15) is 19.3 Å². The second-order valence-electron chi connectivity index (χ2n) is 6.19. The monoisotopic (exact) mass is 308 g/mol. The molecule has 0 aromatic rings. The molecule has 1 saturated carbocycles. The van der Waals surface area contributed by atoms with E-state index in [9.17, 15) is 22.0 Å². The molecular formula is C12H18F2N2O3S. The first kappa shape index (κ1) is 14.2. The number of rotatable bonds is 2. The summed E-state index contributed by atoms with van der Waals surface area (Å²) in [6.07, 6.45) is 1.18. The summed E-state index contributed by atoms with van der Waals surface area (Å²) in [6, 6.07) is -0.133. The molecule has 1 amide bonds. The quantitative estimate of drug-likeness (QED) is 0.747. The highest BCUT2D eigenvalue weighted by Gasteiger charge is 2.53. The Morgan fingerprint density at radius 2 is 1.90 bits per heavy atom. The van der Waals surface area contributed by atoms with E-state index in [0.717, 1.165) is 12.7 Å². The number of fused-ring (bicyclic) bond motifs is 1. The molecule has 0 spiro atoms. The fourth-order valence-electron chi connectivity index (χ4n) is 3.54. The molecule has 0 bridgehead atoms. The molecule has 0 N–H and O–H groups in total. The largest absolute Gasteiger partial charge is 0.338 e. The number of amides is 1. The van der Waals surface area contributed by atoms with E-state index in [0.29, 0.717) is 19.6 Å². The van der Waals surface area contributed by atoms with Crippen molar-refractivity contribution in [1.82, 2.24) is 9.21 Å². The zero-order valence-corrected chi connectivity index (χ0v) is 12.1. The number of sulfonamides is 1. The summed E-state index contributed by atoms with van der Waals surface area (Å²) in [7, 11) is -3.25. The van der Waals surface area contributed by atoms with Gasteiger partial charge in [-0.1, -0.05) is 0 Å². The fraction of sp³-hybridized carbons (Fsp3) is 0.917. The van der Waals surface area contributed by atoms with Gasteiger partial charge in [0.1, 0.15) is 0 Å². The van der Waals surface area contributed by atoms with Gasteiger partial charge in [0, 0.05) is 44.4 Å². The van der Waals surface area contributed by atoms with Crippen LogP contribution in [0.25, 0.3) is 0 Å². The molecule has 0 radical (unpaired) electrons. The zero-order chi connectivity index (χ0) is 14.7. The van der Waals surface area contributed by atoms with Crippen molar-refractivity contribution in [2.45, 2.75) is 31.2 Å². The number of alkyl halides is 2. The minimum Gasteiger partial charge on any atom is -0.338 e. The summed E-state index contributed by atoms with van der Waals surface area (Å²) in [5, 5.41) is 0. The lowest BCUT2D eigenvalue weighted by Gasteiger charge is -2.37. The topological polar surface area (TPSA) is 57.7 Å². The normalized spacial score (nSPS) is 34.0. The number of hydrogen-bond acceptors (Lipinski definition) is 3. The summed E-state index contributed by atoms with van der Waals surface area (Å²) < 4.78 is 50.2. The number of likely N-dealkylation sites (tertiary alicyclic amines) is 1. The molecule has 2 atom stereocenters. The van der Waals surface area contributed by atoms with E-state index in [1.54, 1.807) is 4.90 Å². The van der Waals surface area contributed by atoms with Gasteiger partial charge in [0.05, 0.1) is 6.26 Å². The van der Waals surface area contributed by atoms with E-state index in [2.05, 4.69) is 0 Å². The molecule has 0 aromatic carbocycles. The van der Waals surface area contributed by atoms with Gasteiger partial charge in [-0.25, -0.2) is 17.2 Å². The van der Waals surface area contributed by atoms with Crippen molar-refractivity contribution in [3.05, 3.63) is 0 Å². The highest BCUT2D eigenvalue weighted by molar-refractivity contribution is 7.88. The van der Waals surface area contributed by atoms with E-state index in [4.69, 9.17) is 0 Å². The van der Waals surface area contributed by atoms with Crippen LogP contribution in [0, 0.1) is 11.8 Å². The van der Waals surface area contributed by atoms with E-state index in [-0.39, 0.29) is 30.7 Å². The Kier molecular flexibility index (Phi) is 3.10. The van der Waals surface area contributed by atoms with Crippen LogP contribution in [0.2, 0.25) is 0 Å². The third-order valence-electron chi connectivity index (χ3n) is 4.71. The number of nitrogens with zero attached hydrogens (tertiary/aromatic N) is 2. The van der Waals surface area contributed by atoms with Gasteiger partial charge in [-0.15, -0.1) is 0 Å². The first-order chi connectivity index (χ1) is 9.17. The van der Waals surface area contributed by atoms with Crippen LogP contribution in [0.15, 0.2) is 0 Å². The predicted octanol–water partition coefficient (Wildman–Crippen LogP) is 0.524. The van der Waals surface area contributed by atoms with E-state index < -0.39 is 21.9 Å². The second-order valence-corrected chi connectivity index (χ2v) is 8.17. The number of carbonyl (C=O) groups is 1. The Labute approximate surface area is 117 Å².